The van der Waals surface area contributed by atoms with Gasteiger partial charge in [-0.15, -0.1) is 11.8 Å². The molecular formula is C10H9BrN2S. The number of nitrogens with zero attached hydrogens (tertiary/aromatic N) is 2. The fourth-order valence-corrected chi connectivity index (χ4v) is 2.39. The Morgan fingerprint density at radius 3 is 2.43 bits per heavy atom. The smallest absolute Gasteiger partial charge is 0.119 e. The SMILES string of the molecule is CSc1nc2ccccc2nc1CBr. The van der Waals surface area contributed by atoms with Crippen LogP contribution >= 0.6 is 27.7 Å². The molecule has 4 heteroatoms. The number of benzene rings is 1. The molecule has 0 fully saturated rings. The lowest BCUT2D eigenvalue weighted by atomic mass is 10.3. The Morgan fingerprint density at radius 1 is 1.21 bits per heavy atom. The van der Waals surface area contributed by atoms with Gasteiger partial charge in [0, 0.05) is 5.33 Å². The van der Waals surface area contributed by atoms with E-state index in [1.807, 2.05) is 30.5 Å². The molecule has 0 aliphatic rings. The Morgan fingerprint density at radius 2 is 1.86 bits per heavy atom. The van der Waals surface area contributed by atoms with Crippen LogP contribution in [0.3, 0.4) is 0 Å². The van der Waals surface area contributed by atoms with Crippen LogP contribution in [0.25, 0.3) is 11.0 Å². The molecule has 2 aromatic rings. The second kappa shape index (κ2) is 4.28. The van der Waals surface area contributed by atoms with Crippen molar-refractivity contribution in [2.24, 2.45) is 0 Å². The first kappa shape index (κ1) is 9.93. The second-order valence-electron chi connectivity index (χ2n) is 2.80. The van der Waals surface area contributed by atoms with Crippen molar-refractivity contribution in [1.29, 1.82) is 0 Å². The largest absolute Gasteiger partial charge is 0.247 e. The van der Waals surface area contributed by atoms with Gasteiger partial charge < -0.3 is 0 Å². The second-order valence-corrected chi connectivity index (χ2v) is 4.16. The summed E-state index contributed by atoms with van der Waals surface area (Å²) in [4.78, 5) is 9.07. The van der Waals surface area contributed by atoms with Gasteiger partial charge in [0.15, 0.2) is 0 Å². The van der Waals surface area contributed by atoms with Gasteiger partial charge in [-0.05, 0) is 18.4 Å². The van der Waals surface area contributed by atoms with Crippen LogP contribution in [-0.4, -0.2) is 16.2 Å². The summed E-state index contributed by atoms with van der Waals surface area (Å²) < 4.78 is 0. The molecule has 14 heavy (non-hydrogen) atoms. The van der Waals surface area contributed by atoms with E-state index in [4.69, 9.17) is 0 Å². The summed E-state index contributed by atoms with van der Waals surface area (Å²) in [7, 11) is 0. The lowest BCUT2D eigenvalue weighted by molar-refractivity contribution is 1.03. The molecule has 1 aromatic carbocycles. The molecule has 0 spiro atoms. The van der Waals surface area contributed by atoms with E-state index in [0.29, 0.717) is 0 Å². The molecule has 0 saturated carbocycles. The summed E-state index contributed by atoms with van der Waals surface area (Å²) >= 11 is 5.05. The molecule has 0 aliphatic heterocycles. The molecule has 1 aromatic heterocycles. The highest BCUT2D eigenvalue weighted by Crippen LogP contribution is 2.21. The molecule has 0 N–H and O–H groups in total. The van der Waals surface area contributed by atoms with E-state index < -0.39 is 0 Å². The monoisotopic (exact) mass is 268 g/mol. The number of hydrogen-bond donors (Lipinski definition) is 0. The molecular weight excluding hydrogens is 260 g/mol. The zero-order valence-electron chi connectivity index (χ0n) is 7.70. The van der Waals surface area contributed by atoms with Crippen LogP contribution in [0.1, 0.15) is 5.69 Å². The number of para-hydroxylation sites is 2. The molecule has 0 unspecified atom stereocenters. The van der Waals surface area contributed by atoms with Crippen molar-refractivity contribution in [2.45, 2.75) is 10.4 Å². The van der Waals surface area contributed by atoms with Gasteiger partial charge >= 0.3 is 0 Å². The topological polar surface area (TPSA) is 25.8 Å². The molecule has 2 nitrogen and oxygen atoms in total. The third-order valence-electron chi connectivity index (χ3n) is 1.93. The molecule has 1 heterocycles. The van der Waals surface area contributed by atoms with Crippen molar-refractivity contribution in [3.05, 3.63) is 30.0 Å². The molecule has 0 saturated heterocycles. The maximum absolute atomic E-state index is 4.53. The minimum Gasteiger partial charge on any atom is -0.247 e. The average Bonchev–Trinajstić information content (AvgIpc) is 2.27. The van der Waals surface area contributed by atoms with Gasteiger partial charge in [-0.3, -0.25) is 0 Å². The number of alkyl halides is 1. The number of thioether (sulfide) groups is 1. The van der Waals surface area contributed by atoms with Gasteiger partial charge in [0.25, 0.3) is 0 Å². The zero-order valence-corrected chi connectivity index (χ0v) is 10.1. The summed E-state index contributed by atoms with van der Waals surface area (Å²) in [6, 6.07) is 7.93. The van der Waals surface area contributed by atoms with Gasteiger partial charge in [0.2, 0.25) is 0 Å². The summed E-state index contributed by atoms with van der Waals surface area (Å²) in [5, 5.41) is 1.75. The number of aromatic nitrogens is 2. The third-order valence-corrected chi connectivity index (χ3v) is 3.17. The predicted octanol–water partition coefficient (Wildman–Crippen LogP) is 3.25. The number of halogens is 1. The first-order valence-corrected chi connectivity index (χ1v) is 6.55. The molecule has 0 radical (unpaired) electrons. The molecule has 0 amide bonds. The van der Waals surface area contributed by atoms with E-state index >= 15 is 0 Å². The first-order chi connectivity index (χ1) is 6.85. The molecule has 0 atom stereocenters. The van der Waals surface area contributed by atoms with Crippen molar-refractivity contribution in [1.82, 2.24) is 9.97 Å². The van der Waals surface area contributed by atoms with Crippen LogP contribution in [0.4, 0.5) is 0 Å². The fraction of sp³-hybridized carbons (Fsp3) is 0.200. The van der Waals surface area contributed by atoms with Crippen molar-refractivity contribution < 1.29 is 0 Å². The van der Waals surface area contributed by atoms with Crippen LogP contribution in [0.15, 0.2) is 29.3 Å². The Hall–Kier alpha value is -0.610. The van der Waals surface area contributed by atoms with Gasteiger partial charge in [-0.2, -0.15) is 0 Å². The highest BCUT2D eigenvalue weighted by atomic mass is 79.9. The van der Waals surface area contributed by atoms with Crippen molar-refractivity contribution in [2.75, 3.05) is 6.26 Å². The van der Waals surface area contributed by atoms with E-state index in [2.05, 4.69) is 25.9 Å². The van der Waals surface area contributed by atoms with Crippen molar-refractivity contribution in [3.8, 4) is 0 Å². The minimum atomic E-state index is 0.751. The standard InChI is InChI=1S/C10H9BrN2S/c1-14-10-9(6-11)12-7-4-2-3-5-8(7)13-10/h2-5H,6H2,1H3. The molecule has 2 rings (SSSR count). The van der Waals surface area contributed by atoms with Gasteiger partial charge in [-0.25, -0.2) is 9.97 Å². The van der Waals surface area contributed by atoms with Gasteiger partial charge in [-0.1, -0.05) is 28.1 Å². The maximum atomic E-state index is 4.53. The maximum Gasteiger partial charge on any atom is 0.119 e. The summed E-state index contributed by atoms with van der Waals surface area (Å²) in [5.41, 5.74) is 2.93. The molecule has 0 aliphatic carbocycles. The Kier molecular flexibility index (Phi) is 3.03. The number of fused-ring (bicyclic) bond motifs is 1. The quantitative estimate of drug-likeness (QED) is 0.618. The normalized spacial score (nSPS) is 10.7. The van der Waals surface area contributed by atoms with E-state index in [1.54, 1.807) is 11.8 Å². The highest BCUT2D eigenvalue weighted by molar-refractivity contribution is 9.08. The Labute approximate surface area is 95.3 Å². The van der Waals surface area contributed by atoms with Crippen LogP contribution in [-0.2, 0) is 5.33 Å². The van der Waals surface area contributed by atoms with Crippen molar-refractivity contribution in [3.63, 3.8) is 0 Å². The van der Waals surface area contributed by atoms with E-state index in [0.717, 1.165) is 27.1 Å². The highest BCUT2D eigenvalue weighted by Gasteiger charge is 2.05. The Bertz CT molecular complexity index is 416. The van der Waals surface area contributed by atoms with Crippen LogP contribution in [0, 0.1) is 0 Å². The fourth-order valence-electron chi connectivity index (χ4n) is 1.27. The summed E-state index contributed by atoms with van der Waals surface area (Å²) in [6.07, 6.45) is 2.02. The van der Waals surface area contributed by atoms with Gasteiger partial charge in [0.1, 0.15) is 5.03 Å². The van der Waals surface area contributed by atoms with Crippen LogP contribution in [0.5, 0.6) is 0 Å². The lowest BCUT2D eigenvalue weighted by Gasteiger charge is -2.04. The average molecular weight is 269 g/mol. The molecule has 0 bridgehead atoms. The Balaban J connectivity index is 2.69. The number of rotatable bonds is 2. The number of hydrogen-bond acceptors (Lipinski definition) is 3. The zero-order chi connectivity index (χ0) is 9.97. The summed E-state index contributed by atoms with van der Waals surface area (Å²) in [6.45, 7) is 0. The van der Waals surface area contributed by atoms with Crippen LogP contribution < -0.4 is 0 Å². The van der Waals surface area contributed by atoms with E-state index in [1.165, 1.54) is 0 Å². The third kappa shape index (κ3) is 1.77. The van der Waals surface area contributed by atoms with Crippen LogP contribution in [0.2, 0.25) is 0 Å². The predicted molar refractivity (Wildman–Crippen MR) is 64.0 cm³/mol. The van der Waals surface area contributed by atoms with E-state index in [9.17, 15) is 0 Å². The lowest BCUT2D eigenvalue weighted by Crippen LogP contribution is -1.94. The van der Waals surface area contributed by atoms with Crippen molar-refractivity contribution >= 4 is 38.7 Å². The first-order valence-electron chi connectivity index (χ1n) is 4.20. The van der Waals surface area contributed by atoms with E-state index in [-0.39, 0.29) is 0 Å². The summed E-state index contributed by atoms with van der Waals surface area (Å²) in [5.74, 6) is 0. The van der Waals surface area contributed by atoms with Gasteiger partial charge in [0.05, 0.1) is 16.7 Å². The minimum absolute atomic E-state index is 0.751. The molecule has 72 valence electrons.